The summed E-state index contributed by atoms with van der Waals surface area (Å²) in [7, 11) is 0. The van der Waals surface area contributed by atoms with E-state index in [4.69, 9.17) is 25.5 Å². The topological polar surface area (TPSA) is 75.4 Å². The molecule has 3 heterocycles. The largest absolute Gasteiger partial charge is 0.506 e. The molecule has 0 aliphatic carbocycles. The average molecular weight is 502 g/mol. The van der Waals surface area contributed by atoms with Crippen LogP contribution in [0.2, 0.25) is 5.02 Å². The molecule has 0 unspecified atom stereocenters. The second kappa shape index (κ2) is 10.2. The molecule has 0 spiro atoms. The van der Waals surface area contributed by atoms with Crippen molar-refractivity contribution in [1.82, 2.24) is 9.80 Å². The fourth-order valence-electron chi connectivity index (χ4n) is 4.01. The number of phenolic OH excluding ortho intramolecular Hbond substituents is 1. The van der Waals surface area contributed by atoms with Gasteiger partial charge in [-0.2, -0.15) is 0 Å². The normalized spacial score (nSPS) is 15.9. The van der Waals surface area contributed by atoms with Gasteiger partial charge < -0.3 is 19.0 Å². The predicted molar refractivity (Wildman–Crippen MR) is 127 cm³/mol. The van der Waals surface area contributed by atoms with E-state index in [1.807, 2.05) is 12.1 Å². The number of benzene rings is 2. The average Bonchev–Trinajstić information content (AvgIpc) is 3.19. The second-order valence-electron chi connectivity index (χ2n) is 7.63. The molecule has 1 N–H and O–H groups in total. The summed E-state index contributed by atoms with van der Waals surface area (Å²) in [6, 6.07) is 10.6. The van der Waals surface area contributed by atoms with Crippen LogP contribution in [0.25, 0.3) is 11.0 Å². The minimum absolute atomic E-state index is 0. The van der Waals surface area contributed by atoms with Crippen molar-refractivity contribution < 1.29 is 19.0 Å². The Morgan fingerprint density at radius 3 is 2.34 bits per heavy atom. The molecule has 2 aromatic carbocycles. The first-order valence-electron chi connectivity index (χ1n) is 9.84. The fourth-order valence-corrected chi connectivity index (χ4v) is 4.17. The first kappa shape index (κ1) is 24.5. The summed E-state index contributed by atoms with van der Waals surface area (Å²) in [4.78, 5) is 16.7. The van der Waals surface area contributed by atoms with Gasteiger partial charge in [0.2, 0.25) is 6.79 Å². The summed E-state index contributed by atoms with van der Waals surface area (Å²) in [6.07, 6.45) is 0. The Morgan fingerprint density at radius 2 is 1.59 bits per heavy atom. The summed E-state index contributed by atoms with van der Waals surface area (Å²) in [6.45, 7) is 5.40. The van der Waals surface area contributed by atoms with E-state index in [1.54, 1.807) is 6.07 Å². The van der Waals surface area contributed by atoms with Gasteiger partial charge in [-0.15, -0.1) is 24.8 Å². The highest BCUT2D eigenvalue weighted by molar-refractivity contribution is 6.32. The quantitative estimate of drug-likeness (QED) is 0.541. The van der Waals surface area contributed by atoms with Crippen LogP contribution in [0.4, 0.5) is 0 Å². The predicted octanol–water partition coefficient (Wildman–Crippen LogP) is 4.04. The maximum absolute atomic E-state index is 12.0. The first-order valence-corrected chi connectivity index (χ1v) is 10.2. The molecule has 172 valence electrons. The molecule has 10 heteroatoms. The summed E-state index contributed by atoms with van der Waals surface area (Å²) >= 11 is 6.07. The SMILES string of the molecule is Cl.Cl.O=c1cc(CN2CCN(Cc3ccc4c(c3)OCO4)CC2)c2cc(Cl)c(O)cc2o1. The van der Waals surface area contributed by atoms with E-state index >= 15 is 0 Å². The van der Waals surface area contributed by atoms with Crippen LogP contribution in [-0.4, -0.2) is 47.9 Å². The molecule has 0 saturated carbocycles. The lowest BCUT2D eigenvalue weighted by molar-refractivity contribution is 0.122. The highest BCUT2D eigenvalue weighted by atomic mass is 35.5. The third-order valence-corrected chi connectivity index (χ3v) is 5.90. The Hall–Kier alpha value is -2.16. The molecule has 0 radical (unpaired) electrons. The Morgan fingerprint density at radius 1 is 0.906 bits per heavy atom. The van der Waals surface area contributed by atoms with Crippen molar-refractivity contribution in [3.05, 3.63) is 63.0 Å². The van der Waals surface area contributed by atoms with Gasteiger partial charge in [-0.25, -0.2) is 4.79 Å². The molecular formula is C22H23Cl3N2O5. The van der Waals surface area contributed by atoms with Gasteiger partial charge in [0, 0.05) is 56.8 Å². The number of hydrogen-bond acceptors (Lipinski definition) is 7. The monoisotopic (exact) mass is 500 g/mol. The van der Waals surface area contributed by atoms with Crippen LogP contribution in [-0.2, 0) is 13.1 Å². The molecule has 1 saturated heterocycles. The Bertz CT molecular complexity index is 1160. The lowest BCUT2D eigenvalue weighted by Crippen LogP contribution is -2.45. The van der Waals surface area contributed by atoms with Crippen molar-refractivity contribution >= 4 is 47.4 Å². The van der Waals surface area contributed by atoms with E-state index in [2.05, 4.69) is 15.9 Å². The minimum atomic E-state index is -0.430. The highest BCUT2D eigenvalue weighted by Gasteiger charge is 2.20. The molecule has 5 rings (SSSR count). The third-order valence-electron chi connectivity index (χ3n) is 5.60. The van der Waals surface area contributed by atoms with Gasteiger partial charge in [0.05, 0.1) is 5.02 Å². The number of nitrogens with zero attached hydrogens (tertiary/aromatic N) is 2. The van der Waals surface area contributed by atoms with Gasteiger partial charge in [0.1, 0.15) is 11.3 Å². The van der Waals surface area contributed by atoms with E-state index in [9.17, 15) is 9.90 Å². The van der Waals surface area contributed by atoms with Crippen LogP contribution in [0, 0.1) is 0 Å². The number of piperazine rings is 1. The van der Waals surface area contributed by atoms with Crippen molar-refractivity contribution in [3.8, 4) is 17.2 Å². The maximum atomic E-state index is 12.0. The van der Waals surface area contributed by atoms with Gasteiger partial charge >= 0.3 is 5.63 Å². The molecule has 0 bridgehead atoms. The Balaban J connectivity index is 0.00000144. The lowest BCUT2D eigenvalue weighted by Gasteiger charge is -2.34. The van der Waals surface area contributed by atoms with Crippen LogP contribution in [0.5, 0.6) is 17.2 Å². The van der Waals surface area contributed by atoms with Crippen molar-refractivity contribution in [2.24, 2.45) is 0 Å². The number of hydrogen-bond donors (Lipinski definition) is 1. The molecule has 7 nitrogen and oxygen atoms in total. The zero-order valence-electron chi connectivity index (χ0n) is 17.1. The molecule has 2 aliphatic heterocycles. The number of rotatable bonds is 4. The van der Waals surface area contributed by atoms with Crippen LogP contribution in [0.3, 0.4) is 0 Å². The van der Waals surface area contributed by atoms with Crippen LogP contribution in [0.15, 0.2) is 45.6 Å². The Labute approximate surface area is 202 Å². The molecule has 1 aromatic heterocycles. The van der Waals surface area contributed by atoms with Crippen molar-refractivity contribution in [3.63, 3.8) is 0 Å². The highest BCUT2D eigenvalue weighted by Crippen LogP contribution is 2.33. The lowest BCUT2D eigenvalue weighted by atomic mass is 10.1. The molecule has 0 atom stereocenters. The van der Waals surface area contributed by atoms with E-state index in [-0.39, 0.29) is 42.4 Å². The molecule has 2 aliphatic rings. The number of aromatic hydroxyl groups is 1. The van der Waals surface area contributed by atoms with E-state index in [1.165, 1.54) is 17.7 Å². The Kier molecular flexibility index (Phi) is 7.79. The smallest absolute Gasteiger partial charge is 0.336 e. The molecular weight excluding hydrogens is 479 g/mol. The number of phenols is 1. The van der Waals surface area contributed by atoms with Gasteiger partial charge in [-0.05, 0) is 29.3 Å². The van der Waals surface area contributed by atoms with Crippen molar-refractivity contribution in [1.29, 1.82) is 0 Å². The van der Waals surface area contributed by atoms with E-state index in [0.29, 0.717) is 12.1 Å². The molecule has 32 heavy (non-hydrogen) atoms. The third kappa shape index (κ3) is 5.08. The van der Waals surface area contributed by atoms with Crippen LogP contribution >= 0.6 is 36.4 Å². The van der Waals surface area contributed by atoms with Crippen LogP contribution < -0.4 is 15.1 Å². The van der Waals surface area contributed by atoms with E-state index < -0.39 is 5.63 Å². The first-order chi connectivity index (χ1) is 14.5. The number of ether oxygens (including phenoxy) is 2. The zero-order valence-corrected chi connectivity index (χ0v) is 19.5. The molecule has 1 fully saturated rings. The maximum Gasteiger partial charge on any atom is 0.336 e. The summed E-state index contributed by atoms with van der Waals surface area (Å²) in [5, 5.41) is 10.8. The second-order valence-corrected chi connectivity index (χ2v) is 8.04. The summed E-state index contributed by atoms with van der Waals surface area (Å²) in [5.74, 6) is 1.52. The van der Waals surface area contributed by atoms with Crippen molar-refractivity contribution in [2.75, 3.05) is 33.0 Å². The fraction of sp³-hybridized carbons (Fsp3) is 0.318. The van der Waals surface area contributed by atoms with Gasteiger partial charge in [0.15, 0.2) is 11.5 Å². The van der Waals surface area contributed by atoms with Gasteiger partial charge in [-0.3, -0.25) is 9.80 Å². The number of fused-ring (bicyclic) bond motifs is 2. The standard InChI is InChI=1S/C22H21ClN2O5.2ClH/c23-17-9-16-15(8-22(27)30-20(16)10-18(17)26)12-25-5-3-24(4-6-25)11-14-1-2-19-21(7-14)29-13-28-19;;/h1-2,7-10,26H,3-6,11-13H2;2*1H. The zero-order chi connectivity index (χ0) is 20.7. The minimum Gasteiger partial charge on any atom is -0.506 e. The molecule has 0 amide bonds. The van der Waals surface area contributed by atoms with E-state index in [0.717, 1.165) is 55.2 Å². The van der Waals surface area contributed by atoms with Gasteiger partial charge in [-0.1, -0.05) is 17.7 Å². The van der Waals surface area contributed by atoms with Crippen LogP contribution in [0.1, 0.15) is 11.1 Å². The molecule has 3 aromatic rings. The summed E-state index contributed by atoms with van der Waals surface area (Å²) in [5.41, 5.74) is 1.97. The van der Waals surface area contributed by atoms with Gasteiger partial charge in [0.25, 0.3) is 0 Å². The number of halogens is 3. The summed E-state index contributed by atoms with van der Waals surface area (Å²) < 4.78 is 16.1. The van der Waals surface area contributed by atoms with Crippen molar-refractivity contribution in [2.45, 2.75) is 13.1 Å².